The number of alkyl halides is 3. The Bertz CT molecular complexity index is 449. The molecule has 2 saturated carbocycles. The number of hydrogen-bond donors (Lipinski definition) is 1. The lowest BCUT2D eigenvalue weighted by Crippen LogP contribution is -2.61. The molecular formula is C18H30F3N3O. The summed E-state index contributed by atoms with van der Waals surface area (Å²) in [4.78, 5) is 16.2. The van der Waals surface area contributed by atoms with Crippen LogP contribution in [-0.2, 0) is 4.79 Å². The summed E-state index contributed by atoms with van der Waals surface area (Å²) >= 11 is 0. The maximum Gasteiger partial charge on any atom is 0.471 e. The topological polar surface area (TPSA) is 35.6 Å². The Morgan fingerprint density at radius 2 is 1.60 bits per heavy atom. The van der Waals surface area contributed by atoms with Crippen LogP contribution in [0.5, 0.6) is 0 Å². The Morgan fingerprint density at radius 1 is 1.00 bits per heavy atom. The summed E-state index contributed by atoms with van der Waals surface area (Å²) < 4.78 is 37.8. The quantitative estimate of drug-likeness (QED) is 0.765. The second-order valence-corrected chi connectivity index (χ2v) is 8.05. The van der Waals surface area contributed by atoms with Crippen LogP contribution in [-0.4, -0.2) is 66.7 Å². The van der Waals surface area contributed by atoms with Crippen molar-refractivity contribution in [1.82, 2.24) is 15.1 Å². The summed E-state index contributed by atoms with van der Waals surface area (Å²) in [5.74, 6) is -0.937. The molecule has 1 aliphatic heterocycles. The van der Waals surface area contributed by atoms with Crippen LogP contribution in [0.3, 0.4) is 0 Å². The van der Waals surface area contributed by atoms with Crippen molar-refractivity contribution in [3.05, 3.63) is 0 Å². The highest BCUT2D eigenvalue weighted by molar-refractivity contribution is 5.81. The number of hydrogen-bond acceptors (Lipinski definition) is 3. The van der Waals surface area contributed by atoms with E-state index in [4.69, 9.17) is 0 Å². The van der Waals surface area contributed by atoms with Crippen molar-refractivity contribution in [2.75, 3.05) is 39.3 Å². The largest absolute Gasteiger partial charge is 0.471 e. The Morgan fingerprint density at radius 3 is 2.12 bits per heavy atom. The molecular weight excluding hydrogens is 331 g/mol. The molecule has 3 rings (SSSR count). The molecule has 144 valence electrons. The molecule has 0 aromatic rings. The van der Waals surface area contributed by atoms with E-state index >= 15 is 0 Å². The maximum atomic E-state index is 12.6. The molecule has 0 radical (unpaired) electrons. The monoisotopic (exact) mass is 361 g/mol. The zero-order valence-corrected chi connectivity index (χ0v) is 14.9. The highest BCUT2D eigenvalue weighted by Crippen LogP contribution is 2.34. The van der Waals surface area contributed by atoms with Crippen LogP contribution < -0.4 is 5.32 Å². The molecule has 1 amide bonds. The number of piperazine rings is 1. The third kappa shape index (κ3) is 5.09. The maximum absolute atomic E-state index is 12.6. The lowest BCUT2D eigenvalue weighted by atomic mass is 9.87. The fourth-order valence-electron chi connectivity index (χ4n) is 4.41. The number of nitrogens with one attached hydrogen (secondary N) is 1. The minimum absolute atomic E-state index is 0.119. The normalized spacial score (nSPS) is 26.2. The van der Waals surface area contributed by atoms with Gasteiger partial charge in [-0.25, -0.2) is 0 Å². The van der Waals surface area contributed by atoms with Crippen LogP contribution in [0.15, 0.2) is 0 Å². The van der Waals surface area contributed by atoms with E-state index in [1.807, 2.05) is 0 Å². The van der Waals surface area contributed by atoms with E-state index < -0.39 is 12.1 Å². The van der Waals surface area contributed by atoms with Gasteiger partial charge in [-0.15, -0.1) is 0 Å². The van der Waals surface area contributed by atoms with E-state index in [2.05, 4.69) is 15.1 Å². The predicted molar refractivity (Wildman–Crippen MR) is 90.2 cm³/mol. The Labute approximate surface area is 148 Å². The fraction of sp³-hybridized carbons (Fsp3) is 0.944. The zero-order valence-electron chi connectivity index (χ0n) is 14.9. The molecule has 3 fully saturated rings. The third-order valence-electron chi connectivity index (χ3n) is 6.13. The molecule has 1 saturated heterocycles. The summed E-state index contributed by atoms with van der Waals surface area (Å²) in [7, 11) is 0. The zero-order chi connectivity index (χ0) is 17.9. The molecule has 0 aromatic heterocycles. The molecule has 25 heavy (non-hydrogen) atoms. The first-order valence-corrected chi connectivity index (χ1v) is 9.71. The molecule has 0 spiro atoms. The second-order valence-electron chi connectivity index (χ2n) is 8.05. The number of amides is 1. The molecule has 0 atom stereocenters. The summed E-state index contributed by atoms with van der Waals surface area (Å²) in [5.41, 5.74) is -0.302. The molecule has 7 heteroatoms. The number of rotatable bonds is 5. The van der Waals surface area contributed by atoms with Gasteiger partial charge in [-0.2, -0.15) is 13.2 Å². The summed E-state index contributed by atoms with van der Waals surface area (Å²) in [5, 5.41) is 2.19. The van der Waals surface area contributed by atoms with Gasteiger partial charge in [0, 0.05) is 44.8 Å². The molecule has 3 aliphatic rings. The number of carbonyl (C=O) groups excluding carboxylic acids is 1. The van der Waals surface area contributed by atoms with Crippen molar-refractivity contribution in [3.8, 4) is 0 Å². The highest BCUT2D eigenvalue weighted by Gasteiger charge is 2.43. The van der Waals surface area contributed by atoms with Crippen molar-refractivity contribution in [3.63, 3.8) is 0 Å². The molecule has 0 unspecified atom stereocenters. The lowest BCUT2D eigenvalue weighted by molar-refractivity contribution is -0.174. The van der Waals surface area contributed by atoms with Crippen LogP contribution in [0, 0.1) is 5.92 Å². The minimum atomic E-state index is -4.80. The molecule has 0 bridgehead atoms. The first-order chi connectivity index (χ1) is 11.9. The first kappa shape index (κ1) is 19.0. The lowest BCUT2D eigenvalue weighted by Gasteiger charge is -2.48. The van der Waals surface area contributed by atoms with Crippen LogP contribution in [0.2, 0.25) is 0 Å². The molecule has 4 nitrogen and oxygen atoms in total. The Hall–Kier alpha value is -0.820. The second kappa shape index (κ2) is 7.82. The van der Waals surface area contributed by atoms with E-state index in [9.17, 15) is 18.0 Å². The molecule has 2 aliphatic carbocycles. The van der Waals surface area contributed by atoms with Crippen molar-refractivity contribution >= 4 is 5.91 Å². The summed E-state index contributed by atoms with van der Waals surface area (Å²) in [6, 6.07) is 0. The van der Waals surface area contributed by atoms with E-state index in [0.29, 0.717) is 0 Å². The summed E-state index contributed by atoms with van der Waals surface area (Å²) in [6.45, 7) is 5.07. The van der Waals surface area contributed by atoms with Crippen molar-refractivity contribution in [1.29, 1.82) is 0 Å². The van der Waals surface area contributed by atoms with E-state index in [0.717, 1.165) is 70.6 Å². The van der Waals surface area contributed by atoms with Crippen molar-refractivity contribution in [2.24, 2.45) is 5.92 Å². The first-order valence-electron chi connectivity index (χ1n) is 9.71. The number of nitrogens with zero attached hydrogens (tertiary/aromatic N) is 2. The van der Waals surface area contributed by atoms with Crippen molar-refractivity contribution in [2.45, 2.75) is 63.1 Å². The number of halogens is 3. The minimum Gasteiger partial charge on any atom is -0.346 e. The summed E-state index contributed by atoms with van der Waals surface area (Å²) in [6.07, 6.45) is 3.99. The van der Waals surface area contributed by atoms with Gasteiger partial charge in [0.15, 0.2) is 0 Å². The average molecular weight is 361 g/mol. The van der Waals surface area contributed by atoms with Gasteiger partial charge in [-0.05, 0) is 31.6 Å². The fourth-order valence-corrected chi connectivity index (χ4v) is 4.41. The highest BCUT2D eigenvalue weighted by atomic mass is 19.4. The third-order valence-corrected chi connectivity index (χ3v) is 6.13. The van der Waals surface area contributed by atoms with E-state index in [-0.39, 0.29) is 12.1 Å². The van der Waals surface area contributed by atoms with Crippen molar-refractivity contribution < 1.29 is 18.0 Å². The Kier molecular flexibility index (Phi) is 5.93. The van der Waals surface area contributed by atoms with Gasteiger partial charge in [0.05, 0.1) is 0 Å². The smallest absolute Gasteiger partial charge is 0.346 e. The van der Waals surface area contributed by atoms with Gasteiger partial charge in [0.1, 0.15) is 0 Å². The van der Waals surface area contributed by atoms with Crippen LogP contribution in [0.4, 0.5) is 13.2 Å². The van der Waals surface area contributed by atoms with Crippen LogP contribution in [0.1, 0.15) is 51.4 Å². The average Bonchev–Trinajstić information content (AvgIpc) is 3.40. The Balaban J connectivity index is 1.61. The van der Waals surface area contributed by atoms with E-state index in [1.165, 1.54) is 19.4 Å². The van der Waals surface area contributed by atoms with Gasteiger partial charge in [0.25, 0.3) is 0 Å². The van der Waals surface area contributed by atoms with Gasteiger partial charge in [0.2, 0.25) is 0 Å². The van der Waals surface area contributed by atoms with Gasteiger partial charge < -0.3 is 10.2 Å². The van der Waals surface area contributed by atoms with E-state index in [1.54, 1.807) is 0 Å². The van der Waals surface area contributed by atoms with Gasteiger partial charge in [-0.1, -0.05) is 25.7 Å². The van der Waals surface area contributed by atoms with Crippen LogP contribution in [0.25, 0.3) is 0 Å². The standard InChI is InChI=1S/C18H30F3N3O/c19-18(20,21)16(25)22-14-17(7-3-1-2-4-8-17)24-11-9-23(10-12-24)13-15-5-6-15/h15H,1-14H2,(H,22,25). The van der Waals surface area contributed by atoms with Gasteiger partial charge in [-0.3, -0.25) is 9.69 Å². The number of carbonyl (C=O) groups is 1. The molecule has 0 aromatic carbocycles. The molecule has 1 heterocycles. The van der Waals surface area contributed by atoms with Crippen LogP contribution >= 0.6 is 0 Å². The molecule has 1 N–H and O–H groups in total. The van der Waals surface area contributed by atoms with Gasteiger partial charge >= 0.3 is 12.1 Å². The SMILES string of the molecule is O=C(NCC1(N2CCN(CC3CC3)CC2)CCCCCC1)C(F)(F)F. The predicted octanol–water partition coefficient (Wildman–Crippen LogP) is 2.79.